The topological polar surface area (TPSA) is 78.5 Å². The van der Waals surface area contributed by atoms with E-state index in [0.29, 0.717) is 22.9 Å². The molecule has 0 spiro atoms. The van der Waals surface area contributed by atoms with Gasteiger partial charge in [-0.25, -0.2) is 0 Å². The van der Waals surface area contributed by atoms with Crippen molar-refractivity contribution in [3.63, 3.8) is 0 Å². The van der Waals surface area contributed by atoms with Crippen LogP contribution >= 0.6 is 11.6 Å². The Morgan fingerprint density at radius 2 is 1.73 bits per heavy atom. The molecule has 0 bridgehead atoms. The number of halogens is 1. The van der Waals surface area contributed by atoms with Crippen molar-refractivity contribution in [2.45, 2.75) is 20.4 Å². The summed E-state index contributed by atoms with van der Waals surface area (Å²) in [6.45, 7) is 3.01. The van der Waals surface area contributed by atoms with Gasteiger partial charge in [-0.05, 0) is 35.9 Å². The zero-order valence-electron chi connectivity index (χ0n) is 14.6. The van der Waals surface area contributed by atoms with Gasteiger partial charge in [0.05, 0.1) is 0 Å². The molecule has 0 saturated heterocycles. The third kappa shape index (κ3) is 5.89. The highest BCUT2D eigenvalue weighted by Gasteiger charge is 2.16. The van der Waals surface area contributed by atoms with Gasteiger partial charge >= 0.3 is 0 Å². The molecule has 0 unspecified atom stereocenters. The van der Waals surface area contributed by atoms with Crippen molar-refractivity contribution < 1.29 is 14.4 Å². The van der Waals surface area contributed by atoms with Crippen LogP contribution in [0.3, 0.4) is 0 Å². The molecule has 2 N–H and O–H groups in total. The van der Waals surface area contributed by atoms with Gasteiger partial charge in [0.1, 0.15) is 6.54 Å². The summed E-state index contributed by atoms with van der Waals surface area (Å²) >= 11 is 5.83. The molecule has 0 fully saturated rings. The minimum atomic E-state index is -0.292. The predicted molar refractivity (Wildman–Crippen MR) is 102 cm³/mol. The van der Waals surface area contributed by atoms with E-state index in [1.54, 1.807) is 36.4 Å². The molecule has 3 amide bonds. The zero-order chi connectivity index (χ0) is 19.1. The molecule has 26 heavy (non-hydrogen) atoms. The van der Waals surface area contributed by atoms with E-state index in [0.717, 1.165) is 5.56 Å². The summed E-state index contributed by atoms with van der Waals surface area (Å²) in [4.78, 5) is 36.7. The number of hydrogen-bond donors (Lipinski definition) is 2. The van der Waals surface area contributed by atoms with Crippen molar-refractivity contribution in [3.8, 4) is 0 Å². The van der Waals surface area contributed by atoms with Gasteiger partial charge in [-0.15, -0.1) is 0 Å². The van der Waals surface area contributed by atoms with Crippen LogP contribution in [0.5, 0.6) is 0 Å². The number of nitrogens with one attached hydrogen (secondary N) is 2. The van der Waals surface area contributed by atoms with E-state index in [-0.39, 0.29) is 24.3 Å². The highest BCUT2D eigenvalue weighted by molar-refractivity contribution is 6.30. The van der Waals surface area contributed by atoms with Crippen molar-refractivity contribution in [2.24, 2.45) is 0 Å². The molecular formula is C19H20ClN3O3. The fraction of sp³-hybridized carbons (Fsp3) is 0.211. The van der Waals surface area contributed by atoms with Crippen molar-refractivity contribution in [2.75, 3.05) is 16.8 Å². The molecule has 6 nitrogen and oxygen atoms in total. The number of nitrogens with zero attached hydrogens (tertiary/aromatic N) is 1. The van der Waals surface area contributed by atoms with Crippen LogP contribution in [0.15, 0.2) is 48.5 Å². The monoisotopic (exact) mass is 373 g/mol. The zero-order valence-corrected chi connectivity index (χ0v) is 15.3. The van der Waals surface area contributed by atoms with Gasteiger partial charge < -0.3 is 15.5 Å². The van der Waals surface area contributed by atoms with Gasteiger partial charge in [-0.1, -0.05) is 29.8 Å². The summed E-state index contributed by atoms with van der Waals surface area (Å²) < 4.78 is 0. The van der Waals surface area contributed by atoms with Crippen LogP contribution in [-0.4, -0.2) is 24.3 Å². The molecule has 0 radical (unpaired) electrons. The van der Waals surface area contributed by atoms with Gasteiger partial charge in [0.15, 0.2) is 0 Å². The smallest absolute Gasteiger partial charge is 0.240 e. The first kappa shape index (κ1) is 19.5. The lowest BCUT2D eigenvalue weighted by molar-refractivity contribution is -0.123. The van der Waals surface area contributed by atoms with Gasteiger partial charge in [0.2, 0.25) is 17.7 Å². The maximum atomic E-state index is 12.2. The Hall–Kier alpha value is -2.86. The van der Waals surface area contributed by atoms with E-state index in [2.05, 4.69) is 10.6 Å². The average molecular weight is 374 g/mol. The molecule has 136 valence electrons. The Morgan fingerprint density at radius 3 is 2.35 bits per heavy atom. The molecule has 0 atom stereocenters. The largest absolute Gasteiger partial charge is 0.350 e. The summed E-state index contributed by atoms with van der Waals surface area (Å²) in [5.74, 6) is -0.774. The summed E-state index contributed by atoms with van der Waals surface area (Å²) in [7, 11) is 0. The lowest BCUT2D eigenvalue weighted by atomic mass is 10.2. The molecule has 0 heterocycles. The molecule has 7 heteroatoms. The lowest BCUT2D eigenvalue weighted by Gasteiger charge is -2.21. The Morgan fingerprint density at radius 1 is 1.04 bits per heavy atom. The summed E-state index contributed by atoms with van der Waals surface area (Å²) in [5, 5.41) is 6.06. The minimum absolute atomic E-state index is 0.119. The number of amides is 3. The van der Waals surface area contributed by atoms with E-state index in [4.69, 9.17) is 11.6 Å². The summed E-state index contributed by atoms with van der Waals surface area (Å²) in [5.41, 5.74) is 2.00. The van der Waals surface area contributed by atoms with Crippen molar-refractivity contribution >= 4 is 40.7 Å². The molecule has 2 aromatic rings. The Kier molecular flexibility index (Phi) is 6.74. The predicted octanol–water partition coefficient (Wildman–Crippen LogP) is 2.97. The number of rotatable bonds is 6. The molecule has 0 aliphatic carbocycles. The molecule has 2 rings (SSSR count). The first-order chi connectivity index (χ1) is 12.3. The highest BCUT2D eigenvalue weighted by Crippen LogP contribution is 2.19. The summed E-state index contributed by atoms with van der Waals surface area (Å²) in [6, 6.07) is 13.9. The second-order valence-corrected chi connectivity index (χ2v) is 6.18. The Bertz CT molecular complexity index is 806. The van der Waals surface area contributed by atoms with Crippen LogP contribution < -0.4 is 15.5 Å². The molecule has 0 aliphatic heterocycles. The van der Waals surface area contributed by atoms with Crippen LogP contribution in [0.1, 0.15) is 19.4 Å². The van der Waals surface area contributed by atoms with Gasteiger partial charge in [-0.2, -0.15) is 0 Å². The first-order valence-electron chi connectivity index (χ1n) is 8.02. The second-order valence-electron chi connectivity index (χ2n) is 5.74. The number of hydrogen-bond acceptors (Lipinski definition) is 3. The Balaban J connectivity index is 2.03. The fourth-order valence-electron chi connectivity index (χ4n) is 2.34. The average Bonchev–Trinajstić information content (AvgIpc) is 2.58. The summed E-state index contributed by atoms with van der Waals surface area (Å²) in [6.07, 6.45) is 0. The van der Waals surface area contributed by atoms with Crippen LogP contribution in [0, 0.1) is 0 Å². The van der Waals surface area contributed by atoms with Crippen LogP contribution in [0.2, 0.25) is 5.02 Å². The van der Waals surface area contributed by atoms with Crippen molar-refractivity contribution in [1.29, 1.82) is 0 Å². The molecule has 2 aromatic carbocycles. The molecular weight excluding hydrogens is 354 g/mol. The SMILES string of the molecule is CC(=O)Nc1cccc(N(CC(=O)NCc2ccc(Cl)cc2)C(C)=O)c1. The van der Waals surface area contributed by atoms with Crippen LogP contribution in [0.25, 0.3) is 0 Å². The normalized spacial score (nSPS) is 10.1. The van der Waals surface area contributed by atoms with E-state index in [1.807, 2.05) is 12.1 Å². The third-order valence-corrected chi connectivity index (χ3v) is 3.81. The third-order valence-electron chi connectivity index (χ3n) is 3.56. The van der Waals surface area contributed by atoms with Crippen LogP contribution in [0.4, 0.5) is 11.4 Å². The maximum Gasteiger partial charge on any atom is 0.240 e. The molecule has 0 saturated carbocycles. The highest BCUT2D eigenvalue weighted by atomic mass is 35.5. The number of carbonyl (C=O) groups is 3. The number of benzene rings is 2. The number of carbonyl (C=O) groups excluding carboxylic acids is 3. The molecule has 0 aromatic heterocycles. The second kappa shape index (κ2) is 9.01. The maximum absolute atomic E-state index is 12.2. The Labute approximate surface area is 157 Å². The quantitative estimate of drug-likeness (QED) is 0.817. The molecule has 0 aliphatic rings. The van der Waals surface area contributed by atoms with Gasteiger partial charge in [0.25, 0.3) is 0 Å². The van der Waals surface area contributed by atoms with Crippen LogP contribution in [-0.2, 0) is 20.9 Å². The fourth-order valence-corrected chi connectivity index (χ4v) is 2.47. The van der Waals surface area contributed by atoms with E-state index in [9.17, 15) is 14.4 Å². The van der Waals surface area contributed by atoms with E-state index >= 15 is 0 Å². The van der Waals surface area contributed by atoms with Crippen molar-refractivity contribution in [1.82, 2.24) is 5.32 Å². The van der Waals surface area contributed by atoms with E-state index in [1.165, 1.54) is 18.7 Å². The van der Waals surface area contributed by atoms with Gasteiger partial charge in [-0.3, -0.25) is 14.4 Å². The lowest BCUT2D eigenvalue weighted by Crippen LogP contribution is -2.39. The van der Waals surface area contributed by atoms with Crippen molar-refractivity contribution in [3.05, 3.63) is 59.1 Å². The van der Waals surface area contributed by atoms with E-state index < -0.39 is 0 Å². The number of anilines is 2. The van der Waals surface area contributed by atoms with Gasteiger partial charge in [0, 0.05) is 36.8 Å². The first-order valence-corrected chi connectivity index (χ1v) is 8.40. The minimum Gasteiger partial charge on any atom is -0.350 e. The standard InChI is InChI=1S/C19H20ClN3O3/c1-13(24)22-17-4-3-5-18(10-17)23(14(2)25)12-19(26)21-11-15-6-8-16(20)9-7-15/h3-10H,11-12H2,1-2H3,(H,21,26)(H,22,24).